The Kier molecular flexibility index (Phi) is 19.0. The number of nitrogens with one attached hydrogen (secondary N) is 1. The van der Waals surface area contributed by atoms with Crippen molar-refractivity contribution in [2.45, 2.75) is 77.3 Å². The van der Waals surface area contributed by atoms with Crippen LogP contribution in [-0.2, 0) is 35.3 Å². The van der Waals surface area contributed by atoms with E-state index in [1.54, 1.807) is 61.4 Å². The van der Waals surface area contributed by atoms with Gasteiger partial charge in [0, 0.05) is 41.5 Å². The smallest absolute Gasteiger partial charge is 0.282 e. The standard InChI is InChI=1S/C23H24ClN3O3S.C21H22ClN3O2S.C2H3ClO.ClH/c1-15(28)26-13-5-7-20(26)19-14-16(9-10-17-11-12-22(24)31-17)27(25-19)23(29)18-6-3-4-8-21(18)30-2;1-27-19-7-3-2-5-16(19)21(26)25-14(8-9-15-10-11-20(22)28-15)13-18(24-25)17-6-4-12-23-17;1-2(3)4;/h3-4,6,8,11-12,14,20H,5,7,9-10,13H2,1-2H3;2-3,5,7,10-11,13,17,23H,4,6,8-9,12H2,1H3;1H3;1H. The number of hydrogen-bond donors (Lipinski definition) is 1. The van der Waals surface area contributed by atoms with E-state index in [1.165, 1.54) is 27.8 Å². The maximum absolute atomic E-state index is 13.4. The molecule has 2 aromatic carbocycles. The van der Waals surface area contributed by atoms with Gasteiger partial charge in [-0.15, -0.1) is 35.1 Å². The van der Waals surface area contributed by atoms with Crippen molar-refractivity contribution < 1.29 is 28.7 Å². The number of nitrogens with zero attached hydrogens (tertiary/aromatic N) is 5. The number of para-hydroxylation sites is 2. The van der Waals surface area contributed by atoms with E-state index in [0.29, 0.717) is 29.0 Å². The molecule has 64 heavy (non-hydrogen) atoms. The Morgan fingerprint density at radius 3 is 1.62 bits per heavy atom. The lowest BCUT2D eigenvalue weighted by atomic mass is 10.1. The van der Waals surface area contributed by atoms with Gasteiger partial charge in [0.15, 0.2) is 0 Å². The zero-order valence-electron chi connectivity index (χ0n) is 35.9. The van der Waals surface area contributed by atoms with Crippen molar-refractivity contribution >= 4 is 92.8 Å². The number of thiophene rings is 2. The first-order valence-corrected chi connectivity index (χ1v) is 23.3. The molecule has 2 aliphatic rings. The summed E-state index contributed by atoms with van der Waals surface area (Å²) in [6.45, 7) is 4.58. The number of amides is 1. The third kappa shape index (κ3) is 13.1. The van der Waals surface area contributed by atoms with E-state index in [9.17, 15) is 19.2 Å². The summed E-state index contributed by atoms with van der Waals surface area (Å²) in [6, 6.07) is 26.4. The molecule has 6 heterocycles. The molecule has 2 unspecified atom stereocenters. The van der Waals surface area contributed by atoms with Gasteiger partial charge in [-0.1, -0.05) is 47.5 Å². The molecule has 340 valence electrons. The van der Waals surface area contributed by atoms with E-state index in [4.69, 9.17) is 32.7 Å². The summed E-state index contributed by atoms with van der Waals surface area (Å²) in [5.41, 5.74) is 4.37. The van der Waals surface area contributed by atoms with Crippen molar-refractivity contribution in [1.82, 2.24) is 29.8 Å². The fourth-order valence-electron chi connectivity index (χ4n) is 7.66. The van der Waals surface area contributed by atoms with Crippen molar-refractivity contribution in [2.75, 3.05) is 27.3 Å². The summed E-state index contributed by atoms with van der Waals surface area (Å²) in [4.78, 5) is 52.2. The average Bonchev–Trinajstić information content (AvgIpc) is 4.14. The van der Waals surface area contributed by atoms with Crippen LogP contribution in [0, 0.1) is 0 Å². The number of benzene rings is 2. The largest absolute Gasteiger partial charge is 0.496 e. The van der Waals surface area contributed by atoms with E-state index in [-0.39, 0.29) is 47.5 Å². The summed E-state index contributed by atoms with van der Waals surface area (Å²) in [6.07, 6.45) is 6.87. The van der Waals surface area contributed by atoms with Crippen molar-refractivity contribution in [3.8, 4) is 11.5 Å². The number of rotatable bonds is 12. The lowest BCUT2D eigenvalue weighted by Gasteiger charge is -2.21. The minimum atomic E-state index is -0.361. The molecule has 6 aromatic rings. The molecule has 0 radical (unpaired) electrons. The Labute approximate surface area is 402 Å². The quantitative estimate of drug-likeness (QED) is 0.119. The van der Waals surface area contributed by atoms with Crippen LogP contribution in [0.4, 0.5) is 0 Å². The SMILES string of the molecule is CC(=O)Cl.COc1ccccc1C(=O)n1nc(C2CCCN2)cc1CCc1ccc(Cl)s1.COc1ccccc1C(=O)n1nc(C2CCCN2C(C)=O)cc1CCc1ccc(Cl)s1.Cl. The molecule has 0 aliphatic carbocycles. The summed E-state index contributed by atoms with van der Waals surface area (Å²) in [5, 5.41) is 12.5. The number of aryl methyl sites for hydroxylation is 4. The Morgan fingerprint density at radius 1 is 0.703 bits per heavy atom. The predicted molar refractivity (Wildman–Crippen MR) is 256 cm³/mol. The molecular weight excluding hydrogens is 938 g/mol. The molecule has 18 heteroatoms. The number of halogens is 4. The minimum absolute atomic E-state index is 0. The average molecular weight is 989 g/mol. The van der Waals surface area contributed by atoms with Gasteiger partial charge in [0.25, 0.3) is 11.8 Å². The molecule has 2 saturated heterocycles. The molecule has 2 fully saturated rings. The van der Waals surface area contributed by atoms with Crippen LogP contribution in [0.15, 0.2) is 84.9 Å². The van der Waals surface area contributed by atoms with Crippen molar-refractivity contribution in [2.24, 2.45) is 0 Å². The summed E-state index contributed by atoms with van der Waals surface area (Å²) >= 11 is 19.9. The van der Waals surface area contributed by atoms with Crippen LogP contribution in [0.1, 0.15) is 105 Å². The fraction of sp³-hybridized carbons (Fsp3) is 0.348. The number of hydrogen-bond acceptors (Lipinski definition) is 11. The first-order valence-electron chi connectivity index (χ1n) is 20.5. The third-order valence-corrected chi connectivity index (χ3v) is 13.2. The number of aromatic nitrogens is 4. The Bertz CT molecular complexity index is 2530. The molecule has 2 aliphatic heterocycles. The molecular formula is C46H50Cl4N6O6S2. The Balaban J connectivity index is 0.000000220. The minimum Gasteiger partial charge on any atom is -0.496 e. The highest BCUT2D eigenvalue weighted by molar-refractivity contribution is 7.16. The van der Waals surface area contributed by atoms with Gasteiger partial charge in [-0.3, -0.25) is 19.2 Å². The lowest BCUT2D eigenvalue weighted by molar-refractivity contribution is -0.129. The van der Waals surface area contributed by atoms with Crippen LogP contribution in [0.5, 0.6) is 11.5 Å². The lowest BCUT2D eigenvalue weighted by Crippen LogP contribution is -2.28. The zero-order valence-corrected chi connectivity index (χ0v) is 40.6. The maximum atomic E-state index is 13.4. The van der Waals surface area contributed by atoms with E-state index < -0.39 is 0 Å². The molecule has 1 amide bonds. The van der Waals surface area contributed by atoms with Gasteiger partial charge in [-0.05, 0) is 130 Å². The van der Waals surface area contributed by atoms with Crippen LogP contribution >= 0.6 is 69.9 Å². The zero-order chi connectivity index (χ0) is 45.0. The van der Waals surface area contributed by atoms with Crippen LogP contribution in [0.3, 0.4) is 0 Å². The van der Waals surface area contributed by atoms with Gasteiger partial charge in [-0.2, -0.15) is 10.2 Å². The van der Waals surface area contributed by atoms with Crippen molar-refractivity contribution in [1.29, 1.82) is 0 Å². The van der Waals surface area contributed by atoms with Crippen LogP contribution in [-0.4, -0.2) is 74.7 Å². The van der Waals surface area contributed by atoms with E-state index in [2.05, 4.69) is 33.2 Å². The Hall–Kier alpha value is -4.54. The number of methoxy groups -OCH3 is 2. The highest BCUT2D eigenvalue weighted by Gasteiger charge is 2.32. The van der Waals surface area contributed by atoms with E-state index in [0.717, 1.165) is 94.4 Å². The van der Waals surface area contributed by atoms with Crippen molar-refractivity contribution in [3.05, 3.63) is 137 Å². The van der Waals surface area contributed by atoms with Gasteiger partial charge in [0.05, 0.1) is 57.5 Å². The highest BCUT2D eigenvalue weighted by atomic mass is 35.5. The fourth-order valence-corrected chi connectivity index (χ4v) is 9.83. The Morgan fingerprint density at radius 2 is 1.19 bits per heavy atom. The van der Waals surface area contributed by atoms with Gasteiger partial charge >= 0.3 is 0 Å². The second kappa shape index (κ2) is 24.1. The first kappa shape index (κ1) is 50.5. The molecule has 2 atom stereocenters. The number of carbonyl (C=O) groups is 4. The molecule has 0 saturated carbocycles. The summed E-state index contributed by atoms with van der Waals surface area (Å²) < 4.78 is 15.3. The molecule has 0 bridgehead atoms. The van der Waals surface area contributed by atoms with Crippen LogP contribution in [0.25, 0.3) is 0 Å². The summed E-state index contributed by atoms with van der Waals surface area (Å²) in [5.74, 6) is 0.686. The van der Waals surface area contributed by atoms with E-state index in [1.807, 2.05) is 59.5 Å². The highest BCUT2D eigenvalue weighted by Crippen LogP contribution is 2.33. The molecule has 8 rings (SSSR count). The number of ether oxygens (including phenoxy) is 2. The van der Waals surface area contributed by atoms with Gasteiger partial charge in [0.1, 0.15) is 11.5 Å². The first-order chi connectivity index (χ1) is 30.4. The third-order valence-electron chi connectivity index (χ3n) is 10.6. The molecule has 4 aromatic heterocycles. The second-order valence-electron chi connectivity index (χ2n) is 14.9. The number of carbonyl (C=O) groups excluding carboxylic acids is 4. The number of likely N-dealkylation sites (tertiary alicyclic amines) is 1. The van der Waals surface area contributed by atoms with Crippen LogP contribution < -0.4 is 14.8 Å². The molecule has 12 nitrogen and oxygen atoms in total. The van der Waals surface area contributed by atoms with E-state index >= 15 is 0 Å². The predicted octanol–water partition coefficient (Wildman–Crippen LogP) is 10.5. The molecule has 1 N–H and O–H groups in total. The van der Waals surface area contributed by atoms with Gasteiger partial charge < -0.3 is 19.7 Å². The maximum Gasteiger partial charge on any atom is 0.282 e. The van der Waals surface area contributed by atoms with Gasteiger partial charge in [-0.25, -0.2) is 9.36 Å². The van der Waals surface area contributed by atoms with Gasteiger partial charge in [0.2, 0.25) is 11.1 Å². The topological polar surface area (TPSA) is 138 Å². The van der Waals surface area contributed by atoms with Crippen LogP contribution in [0.2, 0.25) is 8.67 Å². The molecule has 0 spiro atoms. The van der Waals surface area contributed by atoms with Crippen molar-refractivity contribution in [3.63, 3.8) is 0 Å². The monoisotopic (exact) mass is 986 g/mol. The second-order valence-corrected chi connectivity index (χ2v) is 19.0. The normalized spacial score (nSPS) is 15.3. The summed E-state index contributed by atoms with van der Waals surface area (Å²) in [7, 11) is 3.12.